The topological polar surface area (TPSA) is 29.1 Å². The number of hydrogen-bond acceptors (Lipinski definition) is 2. The SMILES string of the molecule is O=C(Cc1cc(F)cc(F)c1)C1CCNC1. The molecule has 4 heteroatoms. The van der Waals surface area contributed by atoms with Crippen LogP contribution in [0.25, 0.3) is 0 Å². The number of rotatable bonds is 3. The summed E-state index contributed by atoms with van der Waals surface area (Å²) in [5.41, 5.74) is 0.411. The average molecular weight is 225 g/mol. The van der Waals surface area contributed by atoms with Gasteiger partial charge in [-0.15, -0.1) is 0 Å². The highest BCUT2D eigenvalue weighted by atomic mass is 19.1. The fourth-order valence-corrected chi connectivity index (χ4v) is 1.99. The number of hydrogen-bond donors (Lipinski definition) is 1. The van der Waals surface area contributed by atoms with Crippen molar-refractivity contribution >= 4 is 5.78 Å². The fraction of sp³-hybridized carbons (Fsp3) is 0.417. The molecule has 86 valence electrons. The number of Topliss-reactive ketones (excluding diaryl/α,β-unsaturated/α-hetero) is 1. The predicted octanol–water partition coefficient (Wildman–Crippen LogP) is 1.69. The molecule has 16 heavy (non-hydrogen) atoms. The molecule has 1 saturated heterocycles. The number of ketones is 1. The second-order valence-electron chi connectivity index (χ2n) is 4.11. The number of carbonyl (C=O) groups is 1. The Labute approximate surface area is 92.7 Å². The van der Waals surface area contributed by atoms with Gasteiger partial charge in [-0.05, 0) is 30.7 Å². The van der Waals surface area contributed by atoms with Crippen LogP contribution < -0.4 is 5.32 Å². The summed E-state index contributed by atoms with van der Waals surface area (Å²) in [7, 11) is 0. The van der Waals surface area contributed by atoms with Crippen molar-refractivity contribution in [2.24, 2.45) is 5.92 Å². The molecule has 1 aliphatic rings. The van der Waals surface area contributed by atoms with Gasteiger partial charge in [-0.25, -0.2) is 8.78 Å². The molecule has 1 N–H and O–H groups in total. The molecule has 1 aliphatic heterocycles. The highest BCUT2D eigenvalue weighted by molar-refractivity contribution is 5.83. The van der Waals surface area contributed by atoms with E-state index in [1.54, 1.807) is 0 Å². The van der Waals surface area contributed by atoms with Gasteiger partial charge in [0.05, 0.1) is 0 Å². The molecule has 0 aliphatic carbocycles. The minimum Gasteiger partial charge on any atom is -0.316 e. The standard InChI is InChI=1S/C12H13F2NO/c13-10-3-8(4-11(14)6-10)5-12(16)9-1-2-15-7-9/h3-4,6,9,15H,1-2,5,7H2. The smallest absolute Gasteiger partial charge is 0.141 e. The summed E-state index contributed by atoms with van der Waals surface area (Å²) >= 11 is 0. The maximum atomic E-state index is 12.9. The first-order chi connectivity index (χ1) is 7.65. The van der Waals surface area contributed by atoms with E-state index < -0.39 is 11.6 Å². The quantitative estimate of drug-likeness (QED) is 0.848. The first-order valence-electron chi connectivity index (χ1n) is 5.33. The van der Waals surface area contributed by atoms with E-state index in [0.717, 1.165) is 19.0 Å². The molecule has 0 amide bonds. The van der Waals surface area contributed by atoms with E-state index in [1.165, 1.54) is 12.1 Å². The highest BCUT2D eigenvalue weighted by Crippen LogP contribution is 2.14. The number of nitrogens with one attached hydrogen (secondary N) is 1. The third kappa shape index (κ3) is 2.64. The van der Waals surface area contributed by atoms with Gasteiger partial charge in [0.15, 0.2) is 0 Å². The van der Waals surface area contributed by atoms with Crippen LogP contribution in [0.15, 0.2) is 18.2 Å². The van der Waals surface area contributed by atoms with Crippen molar-refractivity contribution in [3.63, 3.8) is 0 Å². The van der Waals surface area contributed by atoms with Crippen LogP contribution in [0.5, 0.6) is 0 Å². The van der Waals surface area contributed by atoms with Gasteiger partial charge >= 0.3 is 0 Å². The van der Waals surface area contributed by atoms with Crippen molar-refractivity contribution in [1.29, 1.82) is 0 Å². The minimum atomic E-state index is -0.632. The van der Waals surface area contributed by atoms with Crippen LogP contribution in [0.3, 0.4) is 0 Å². The van der Waals surface area contributed by atoms with Gasteiger partial charge in [0, 0.05) is 24.9 Å². The van der Waals surface area contributed by atoms with Gasteiger partial charge in [-0.2, -0.15) is 0 Å². The Kier molecular flexibility index (Phi) is 3.29. The summed E-state index contributed by atoms with van der Waals surface area (Å²) in [5.74, 6) is -1.22. The van der Waals surface area contributed by atoms with Gasteiger partial charge in [-0.1, -0.05) is 0 Å². The van der Waals surface area contributed by atoms with Crippen LogP contribution in [0, 0.1) is 17.6 Å². The molecule has 0 saturated carbocycles. The molecular formula is C12H13F2NO. The van der Waals surface area contributed by atoms with Crippen LogP contribution in [-0.2, 0) is 11.2 Å². The van der Waals surface area contributed by atoms with E-state index in [2.05, 4.69) is 5.32 Å². The molecule has 1 fully saturated rings. The lowest BCUT2D eigenvalue weighted by atomic mass is 9.97. The molecule has 1 aromatic carbocycles. The molecule has 0 aromatic heterocycles. The second kappa shape index (κ2) is 4.70. The lowest BCUT2D eigenvalue weighted by Gasteiger charge is -2.07. The molecule has 0 bridgehead atoms. The van der Waals surface area contributed by atoms with Crippen molar-refractivity contribution in [2.45, 2.75) is 12.8 Å². The lowest BCUT2D eigenvalue weighted by Crippen LogP contribution is -2.19. The first kappa shape index (κ1) is 11.2. The minimum absolute atomic E-state index is 0.00803. The zero-order valence-electron chi connectivity index (χ0n) is 8.80. The first-order valence-corrected chi connectivity index (χ1v) is 5.33. The molecule has 1 aromatic rings. The van der Waals surface area contributed by atoms with Crippen molar-refractivity contribution in [3.8, 4) is 0 Å². The van der Waals surface area contributed by atoms with Crippen LogP contribution in [0.4, 0.5) is 8.78 Å². The second-order valence-corrected chi connectivity index (χ2v) is 4.11. The molecule has 1 heterocycles. The van der Waals surface area contributed by atoms with E-state index in [-0.39, 0.29) is 18.1 Å². The maximum absolute atomic E-state index is 12.9. The van der Waals surface area contributed by atoms with Crippen LogP contribution in [0.2, 0.25) is 0 Å². The van der Waals surface area contributed by atoms with E-state index >= 15 is 0 Å². The van der Waals surface area contributed by atoms with Crippen LogP contribution >= 0.6 is 0 Å². The van der Waals surface area contributed by atoms with Crippen LogP contribution in [0.1, 0.15) is 12.0 Å². The largest absolute Gasteiger partial charge is 0.316 e. The Morgan fingerprint density at radius 2 is 2.00 bits per heavy atom. The molecule has 0 radical (unpaired) electrons. The molecule has 1 atom stereocenters. The zero-order chi connectivity index (χ0) is 11.5. The Morgan fingerprint density at radius 1 is 1.31 bits per heavy atom. The molecular weight excluding hydrogens is 212 g/mol. The van der Waals surface area contributed by atoms with Crippen molar-refractivity contribution in [1.82, 2.24) is 5.32 Å². The van der Waals surface area contributed by atoms with Gasteiger partial charge in [0.2, 0.25) is 0 Å². The number of carbonyl (C=O) groups excluding carboxylic acids is 1. The third-order valence-electron chi connectivity index (χ3n) is 2.82. The Bertz CT molecular complexity index is 380. The lowest BCUT2D eigenvalue weighted by molar-refractivity contribution is -0.121. The third-order valence-corrected chi connectivity index (χ3v) is 2.82. The van der Waals surface area contributed by atoms with Gasteiger partial charge in [0.25, 0.3) is 0 Å². The van der Waals surface area contributed by atoms with Crippen molar-refractivity contribution < 1.29 is 13.6 Å². The van der Waals surface area contributed by atoms with E-state index in [0.29, 0.717) is 12.1 Å². The highest BCUT2D eigenvalue weighted by Gasteiger charge is 2.22. The fourth-order valence-electron chi connectivity index (χ4n) is 1.99. The molecule has 0 spiro atoms. The summed E-state index contributed by atoms with van der Waals surface area (Å²) in [6.45, 7) is 1.52. The molecule has 1 unspecified atom stereocenters. The monoisotopic (exact) mass is 225 g/mol. The summed E-state index contributed by atoms with van der Waals surface area (Å²) in [5, 5.41) is 3.09. The van der Waals surface area contributed by atoms with Gasteiger partial charge in [-0.3, -0.25) is 4.79 Å². The summed E-state index contributed by atoms with van der Waals surface area (Å²) in [4.78, 5) is 11.8. The Morgan fingerprint density at radius 3 is 2.56 bits per heavy atom. The van der Waals surface area contributed by atoms with E-state index in [9.17, 15) is 13.6 Å². The summed E-state index contributed by atoms with van der Waals surface area (Å²) in [6.07, 6.45) is 0.928. The summed E-state index contributed by atoms with van der Waals surface area (Å²) < 4.78 is 25.8. The molecule has 2 rings (SSSR count). The van der Waals surface area contributed by atoms with Crippen LogP contribution in [-0.4, -0.2) is 18.9 Å². The van der Waals surface area contributed by atoms with E-state index in [1.807, 2.05) is 0 Å². The van der Waals surface area contributed by atoms with Crippen molar-refractivity contribution in [3.05, 3.63) is 35.4 Å². The van der Waals surface area contributed by atoms with Crippen molar-refractivity contribution in [2.75, 3.05) is 13.1 Å². The Balaban J connectivity index is 2.05. The van der Waals surface area contributed by atoms with Gasteiger partial charge in [0.1, 0.15) is 17.4 Å². The summed E-state index contributed by atoms with van der Waals surface area (Å²) in [6, 6.07) is 3.23. The Hall–Kier alpha value is -1.29. The number of benzene rings is 1. The van der Waals surface area contributed by atoms with E-state index in [4.69, 9.17) is 0 Å². The molecule has 2 nitrogen and oxygen atoms in total. The van der Waals surface area contributed by atoms with Gasteiger partial charge < -0.3 is 5.32 Å². The number of halogens is 2. The maximum Gasteiger partial charge on any atom is 0.141 e. The average Bonchev–Trinajstić information content (AvgIpc) is 2.68. The predicted molar refractivity (Wildman–Crippen MR) is 56.0 cm³/mol. The normalized spacial score (nSPS) is 20.0. The zero-order valence-corrected chi connectivity index (χ0v) is 8.80.